The van der Waals surface area contributed by atoms with Gasteiger partial charge in [-0.1, -0.05) is 6.07 Å². The normalized spacial score (nSPS) is 10.1. The lowest BCUT2D eigenvalue weighted by Crippen LogP contribution is -2.05. The van der Waals surface area contributed by atoms with Crippen LogP contribution >= 0.6 is 22.6 Å². The molecule has 1 heterocycles. The van der Waals surface area contributed by atoms with Crippen molar-refractivity contribution in [3.8, 4) is 0 Å². The number of hydrogen-bond donors (Lipinski definition) is 2. The van der Waals surface area contributed by atoms with Gasteiger partial charge in [-0.05, 0) is 40.8 Å². The van der Waals surface area contributed by atoms with E-state index in [0.717, 1.165) is 21.5 Å². The average molecular weight is 385 g/mol. The molecule has 0 aliphatic heterocycles. The van der Waals surface area contributed by atoms with Gasteiger partial charge >= 0.3 is 11.7 Å². The SMILES string of the molecule is O=C(O)c1cc(Nc2cccc(I)c2)ncc1[N+](=O)[O-]. The number of rotatable bonds is 4. The molecule has 8 heteroatoms. The smallest absolute Gasteiger partial charge is 0.342 e. The first-order valence-electron chi connectivity index (χ1n) is 5.37. The van der Waals surface area contributed by atoms with E-state index in [1.807, 2.05) is 18.2 Å². The summed E-state index contributed by atoms with van der Waals surface area (Å²) < 4.78 is 0.993. The predicted octanol–water partition coefficient (Wildman–Crippen LogP) is 3.04. The quantitative estimate of drug-likeness (QED) is 0.476. The average Bonchev–Trinajstić information content (AvgIpc) is 2.38. The second-order valence-corrected chi connectivity index (χ2v) is 5.03. The predicted molar refractivity (Wildman–Crippen MR) is 80.3 cm³/mol. The molecule has 0 aliphatic rings. The van der Waals surface area contributed by atoms with Gasteiger partial charge in [-0.25, -0.2) is 9.78 Å². The molecule has 20 heavy (non-hydrogen) atoms. The second-order valence-electron chi connectivity index (χ2n) is 3.78. The second kappa shape index (κ2) is 5.82. The lowest BCUT2D eigenvalue weighted by Gasteiger charge is -2.06. The maximum atomic E-state index is 11.0. The minimum absolute atomic E-state index is 0.231. The highest BCUT2D eigenvalue weighted by Gasteiger charge is 2.21. The molecule has 0 atom stereocenters. The van der Waals surface area contributed by atoms with Crippen LogP contribution in [0.1, 0.15) is 10.4 Å². The molecule has 0 amide bonds. The number of benzene rings is 1. The number of aromatic carboxylic acids is 1. The monoisotopic (exact) mass is 385 g/mol. The molecular formula is C12H8IN3O4. The number of hydrogen-bond acceptors (Lipinski definition) is 5. The summed E-state index contributed by atoms with van der Waals surface area (Å²) >= 11 is 2.14. The van der Waals surface area contributed by atoms with Gasteiger partial charge < -0.3 is 10.4 Å². The molecule has 0 saturated carbocycles. The Labute approximate surface area is 126 Å². The first-order chi connectivity index (χ1) is 9.47. The van der Waals surface area contributed by atoms with Crippen LogP contribution in [0.25, 0.3) is 0 Å². The van der Waals surface area contributed by atoms with Crippen LogP contribution in [0, 0.1) is 13.7 Å². The number of anilines is 2. The summed E-state index contributed by atoms with van der Waals surface area (Å²) in [7, 11) is 0. The molecule has 2 rings (SSSR count). The largest absolute Gasteiger partial charge is 0.477 e. The third-order valence-corrected chi connectivity index (χ3v) is 3.08. The summed E-state index contributed by atoms with van der Waals surface area (Å²) in [6, 6.07) is 8.49. The summed E-state index contributed by atoms with van der Waals surface area (Å²) in [6.45, 7) is 0. The Morgan fingerprint density at radius 3 is 2.75 bits per heavy atom. The number of pyridine rings is 1. The Morgan fingerprint density at radius 2 is 2.15 bits per heavy atom. The molecule has 0 radical (unpaired) electrons. The number of nitrogens with zero attached hydrogens (tertiary/aromatic N) is 2. The molecule has 2 aromatic rings. The van der Waals surface area contributed by atoms with Crippen LogP contribution in [0.15, 0.2) is 36.5 Å². The van der Waals surface area contributed by atoms with Gasteiger partial charge in [0.25, 0.3) is 0 Å². The van der Waals surface area contributed by atoms with Crippen molar-refractivity contribution in [1.82, 2.24) is 4.98 Å². The summed E-state index contributed by atoms with van der Waals surface area (Å²) in [5, 5.41) is 22.6. The molecule has 0 aliphatic carbocycles. The van der Waals surface area contributed by atoms with Gasteiger partial charge in [-0.2, -0.15) is 0 Å². The number of nitrogens with one attached hydrogen (secondary N) is 1. The van der Waals surface area contributed by atoms with Crippen LogP contribution in [0.2, 0.25) is 0 Å². The first kappa shape index (κ1) is 14.2. The number of aromatic nitrogens is 1. The molecule has 2 N–H and O–H groups in total. The van der Waals surface area contributed by atoms with Crippen LogP contribution in [0.3, 0.4) is 0 Å². The Kier molecular flexibility index (Phi) is 4.13. The highest BCUT2D eigenvalue weighted by Crippen LogP contribution is 2.23. The van der Waals surface area contributed by atoms with Crippen LogP contribution in [-0.2, 0) is 0 Å². The number of halogens is 1. The lowest BCUT2D eigenvalue weighted by atomic mass is 10.2. The Morgan fingerprint density at radius 1 is 1.40 bits per heavy atom. The highest BCUT2D eigenvalue weighted by molar-refractivity contribution is 14.1. The van der Waals surface area contributed by atoms with E-state index in [1.54, 1.807) is 6.07 Å². The summed E-state index contributed by atoms with van der Waals surface area (Å²) in [5.41, 5.74) is -0.224. The number of carboxylic acids is 1. The van der Waals surface area contributed by atoms with E-state index in [9.17, 15) is 14.9 Å². The molecule has 1 aromatic carbocycles. The molecule has 102 valence electrons. The molecule has 7 nitrogen and oxygen atoms in total. The van der Waals surface area contributed by atoms with Gasteiger partial charge in [0.15, 0.2) is 0 Å². The fourth-order valence-corrected chi connectivity index (χ4v) is 2.09. The van der Waals surface area contributed by atoms with Gasteiger partial charge in [0.2, 0.25) is 0 Å². The molecule has 0 spiro atoms. The van der Waals surface area contributed by atoms with Crippen LogP contribution in [0.5, 0.6) is 0 Å². The first-order valence-corrected chi connectivity index (χ1v) is 6.45. The van der Waals surface area contributed by atoms with Crippen molar-refractivity contribution in [1.29, 1.82) is 0 Å². The molecule has 1 aromatic heterocycles. The molecule has 0 fully saturated rings. The van der Waals surface area contributed by atoms with Gasteiger partial charge in [0.1, 0.15) is 17.6 Å². The van der Waals surface area contributed by atoms with Gasteiger partial charge in [-0.15, -0.1) is 0 Å². The zero-order chi connectivity index (χ0) is 14.7. The number of carbonyl (C=O) groups is 1. The lowest BCUT2D eigenvalue weighted by molar-refractivity contribution is -0.385. The van der Waals surface area contributed by atoms with E-state index >= 15 is 0 Å². The minimum atomic E-state index is -1.37. The molecule has 0 unspecified atom stereocenters. The summed E-state index contributed by atoms with van der Waals surface area (Å²) in [6.07, 6.45) is 0.930. The topological polar surface area (TPSA) is 105 Å². The van der Waals surface area contributed by atoms with Crippen LogP contribution in [0.4, 0.5) is 17.2 Å². The van der Waals surface area contributed by atoms with Gasteiger partial charge in [0.05, 0.1) is 4.92 Å². The Balaban J connectivity index is 2.36. The van der Waals surface area contributed by atoms with Crippen LogP contribution in [-0.4, -0.2) is 21.0 Å². The standard InChI is InChI=1S/C12H8IN3O4/c13-7-2-1-3-8(4-7)15-11-5-9(12(17)18)10(6-14-11)16(19)20/h1-6H,(H,14,15)(H,17,18). The van der Waals surface area contributed by atoms with E-state index in [-0.39, 0.29) is 5.82 Å². The third-order valence-electron chi connectivity index (χ3n) is 2.41. The van der Waals surface area contributed by atoms with Crippen molar-refractivity contribution in [3.63, 3.8) is 0 Å². The van der Waals surface area contributed by atoms with E-state index in [4.69, 9.17) is 5.11 Å². The minimum Gasteiger partial charge on any atom is -0.477 e. The highest BCUT2D eigenvalue weighted by atomic mass is 127. The summed E-state index contributed by atoms with van der Waals surface area (Å²) in [5.74, 6) is -1.14. The van der Waals surface area contributed by atoms with Crippen molar-refractivity contribution >= 4 is 45.8 Å². The zero-order valence-electron chi connectivity index (χ0n) is 9.91. The molecule has 0 saturated heterocycles. The molecule has 0 bridgehead atoms. The van der Waals surface area contributed by atoms with Crippen molar-refractivity contribution in [3.05, 3.63) is 55.8 Å². The van der Waals surface area contributed by atoms with Gasteiger partial charge in [0, 0.05) is 15.3 Å². The Hall–Kier alpha value is -2.23. The van der Waals surface area contributed by atoms with Crippen molar-refractivity contribution < 1.29 is 14.8 Å². The van der Waals surface area contributed by atoms with Gasteiger partial charge in [-0.3, -0.25) is 10.1 Å². The van der Waals surface area contributed by atoms with E-state index in [1.165, 1.54) is 0 Å². The third kappa shape index (κ3) is 3.20. The Bertz CT molecular complexity index is 690. The van der Waals surface area contributed by atoms with Crippen molar-refractivity contribution in [2.24, 2.45) is 0 Å². The van der Waals surface area contributed by atoms with Crippen molar-refractivity contribution in [2.75, 3.05) is 5.32 Å². The maximum Gasteiger partial charge on any atom is 0.342 e. The molecular weight excluding hydrogens is 377 g/mol. The van der Waals surface area contributed by atoms with Crippen LogP contribution < -0.4 is 5.32 Å². The number of carboxylic acid groups (broad SMARTS) is 1. The zero-order valence-corrected chi connectivity index (χ0v) is 12.1. The van der Waals surface area contributed by atoms with E-state index < -0.39 is 22.1 Å². The summed E-state index contributed by atoms with van der Waals surface area (Å²) in [4.78, 5) is 24.8. The van der Waals surface area contributed by atoms with E-state index in [0.29, 0.717) is 0 Å². The fourth-order valence-electron chi connectivity index (χ4n) is 1.55. The number of nitro groups is 1. The maximum absolute atomic E-state index is 11.0. The van der Waals surface area contributed by atoms with Crippen molar-refractivity contribution in [2.45, 2.75) is 0 Å². The fraction of sp³-hybridized carbons (Fsp3) is 0. The van der Waals surface area contributed by atoms with E-state index in [2.05, 4.69) is 32.9 Å².